The zero-order valence-corrected chi connectivity index (χ0v) is 13.0. The third kappa shape index (κ3) is 5.10. The normalized spacial score (nSPS) is 19.3. The highest BCUT2D eigenvalue weighted by Gasteiger charge is 2.12. The molecule has 1 unspecified atom stereocenters. The maximum atomic E-state index is 6.06. The van der Waals surface area contributed by atoms with Crippen molar-refractivity contribution in [2.24, 2.45) is 10.7 Å². The topological polar surface area (TPSA) is 68.9 Å². The lowest BCUT2D eigenvalue weighted by Gasteiger charge is -2.21. The highest BCUT2D eigenvalue weighted by Crippen LogP contribution is 2.27. The van der Waals surface area contributed by atoms with Crippen LogP contribution in [0.5, 0.6) is 5.75 Å². The minimum absolute atomic E-state index is 0.325. The summed E-state index contributed by atoms with van der Waals surface area (Å²) in [5.74, 6) is 1.01. The van der Waals surface area contributed by atoms with Crippen molar-refractivity contribution in [2.75, 3.05) is 25.6 Å². The van der Waals surface area contributed by atoms with Gasteiger partial charge in [-0.15, -0.1) is 0 Å². The molecule has 2 rings (SSSR count). The number of hydrogen-bond acceptors (Lipinski definition) is 3. The Labute approximate surface area is 130 Å². The van der Waals surface area contributed by atoms with Crippen molar-refractivity contribution >= 4 is 23.2 Å². The van der Waals surface area contributed by atoms with Gasteiger partial charge >= 0.3 is 0 Å². The molecule has 1 atom stereocenters. The van der Waals surface area contributed by atoms with Gasteiger partial charge in [0.05, 0.1) is 18.2 Å². The summed E-state index contributed by atoms with van der Waals surface area (Å²) in [6, 6.07) is 5.39. The van der Waals surface area contributed by atoms with Crippen molar-refractivity contribution in [3.05, 3.63) is 23.2 Å². The van der Waals surface area contributed by atoms with Gasteiger partial charge in [-0.2, -0.15) is 0 Å². The predicted octanol–water partition coefficient (Wildman–Crippen LogP) is 3.03. The van der Waals surface area contributed by atoms with Gasteiger partial charge in [0, 0.05) is 18.8 Å². The molecule has 0 bridgehead atoms. The summed E-state index contributed by atoms with van der Waals surface area (Å²) in [6.07, 6.45) is 4.77. The molecule has 0 amide bonds. The van der Waals surface area contributed by atoms with Gasteiger partial charge in [0.1, 0.15) is 5.75 Å². The van der Waals surface area contributed by atoms with E-state index in [2.05, 4.69) is 10.3 Å². The van der Waals surface area contributed by atoms with E-state index < -0.39 is 0 Å². The van der Waals surface area contributed by atoms with Crippen LogP contribution in [-0.4, -0.2) is 32.3 Å². The van der Waals surface area contributed by atoms with Gasteiger partial charge in [-0.25, -0.2) is 0 Å². The van der Waals surface area contributed by atoms with Crippen LogP contribution in [0, 0.1) is 0 Å². The Bertz CT molecular complexity index is 488. The lowest BCUT2D eigenvalue weighted by atomic mass is 10.1. The molecule has 21 heavy (non-hydrogen) atoms. The van der Waals surface area contributed by atoms with E-state index in [1.54, 1.807) is 19.2 Å². The Kier molecular flexibility index (Phi) is 6.14. The highest BCUT2D eigenvalue weighted by atomic mass is 35.5. The summed E-state index contributed by atoms with van der Waals surface area (Å²) in [6.45, 7) is 1.53. The molecule has 1 aliphatic heterocycles. The number of rotatable bonds is 5. The Morgan fingerprint density at radius 1 is 1.52 bits per heavy atom. The van der Waals surface area contributed by atoms with E-state index in [1.165, 1.54) is 12.8 Å². The van der Waals surface area contributed by atoms with E-state index in [0.29, 0.717) is 29.4 Å². The summed E-state index contributed by atoms with van der Waals surface area (Å²) < 4.78 is 10.8. The third-order valence-corrected chi connectivity index (χ3v) is 3.73. The van der Waals surface area contributed by atoms with Gasteiger partial charge in [-0.05, 0) is 43.9 Å². The average molecular weight is 312 g/mol. The lowest BCUT2D eigenvalue weighted by molar-refractivity contribution is 0.0129. The van der Waals surface area contributed by atoms with Crippen LogP contribution < -0.4 is 15.8 Å². The number of methoxy groups -OCH3 is 1. The molecule has 0 radical (unpaired) electrons. The largest absolute Gasteiger partial charge is 0.495 e. The molecule has 116 valence electrons. The molecule has 0 aliphatic carbocycles. The minimum atomic E-state index is 0.325. The minimum Gasteiger partial charge on any atom is -0.495 e. The van der Waals surface area contributed by atoms with Gasteiger partial charge in [0.15, 0.2) is 5.96 Å². The van der Waals surface area contributed by atoms with Gasteiger partial charge in [-0.1, -0.05) is 11.6 Å². The smallest absolute Gasteiger partial charge is 0.193 e. The number of benzene rings is 1. The van der Waals surface area contributed by atoms with Crippen molar-refractivity contribution in [3.8, 4) is 5.75 Å². The standard InChI is InChI=1S/C15H22ClN3O2/c1-20-14-6-5-11(10-13(14)16)19-15(17)18-8-7-12-4-2-3-9-21-12/h5-6,10,12H,2-4,7-9H2,1H3,(H3,17,18,19). The molecule has 1 aromatic carbocycles. The second-order valence-corrected chi connectivity index (χ2v) is 5.43. The van der Waals surface area contributed by atoms with Crippen LogP contribution in [0.2, 0.25) is 5.02 Å². The van der Waals surface area contributed by atoms with Crippen LogP contribution in [0.4, 0.5) is 5.69 Å². The van der Waals surface area contributed by atoms with Crippen molar-refractivity contribution in [2.45, 2.75) is 31.8 Å². The molecule has 0 spiro atoms. The molecule has 1 aromatic rings. The highest BCUT2D eigenvalue weighted by molar-refractivity contribution is 6.32. The van der Waals surface area contributed by atoms with Crippen molar-refractivity contribution in [3.63, 3.8) is 0 Å². The fourth-order valence-corrected chi connectivity index (χ4v) is 2.55. The van der Waals surface area contributed by atoms with Gasteiger partial charge < -0.3 is 20.5 Å². The first-order valence-electron chi connectivity index (χ1n) is 7.21. The van der Waals surface area contributed by atoms with E-state index >= 15 is 0 Å². The predicted molar refractivity (Wildman–Crippen MR) is 86.3 cm³/mol. The van der Waals surface area contributed by atoms with Gasteiger partial charge in [0.25, 0.3) is 0 Å². The number of guanidine groups is 1. The van der Waals surface area contributed by atoms with Gasteiger partial charge in [0.2, 0.25) is 0 Å². The second-order valence-electron chi connectivity index (χ2n) is 5.02. The van der Waals surface area contributed by atoms with Crippen molar-refractivity contribution in [1.82, 2.24) is 0 Å². The number of nitrogens with one attached hydrogen (secondary N) is 1. The summed E-state index contributed by atoms with van der Waals surface area (Å²) in [7, 11) is 1.58. The Morgan fingerprint density at radius 2 is 2.38 bits per heavy atom. The van der Waals surface area contributed by atoms with E-state index in [4.69, 9.17) is 26.8 Å². The number of halogens is 1. The lowest BCUT2D eigenvalue weighted by Crippen LogP contribution is -2.24. The van der Waals surface area contributed by atoms with Crippen LogP contribution in [0.25, 0.3) is 0 Å². The first-order valence-corrected chi connectivity index (χ1v) is 7.59. The Hall–Kier alpha value is -1.46. The fourth-order valence-electron chi connectivity index (χ4n) is 2.30. The van der Waals surface area contributed by atoms with Crippen LogP contribution in [0.15, 0.2) is 23.2 Å². The summed E-state index contributed by atoms with van der Waals surface area (Å²) in [5, 5.41) is 3.55. The molecular formula is C15H22ClN3O2. The zero-order valence-electron chi connectivity index (χ0n) is 12.3. The van der Waals surface area contributed by atoms with Crippen LogP contribution in [0.1, 0.15) is 25.7 Å². The maximum absolute atomic E-state index is 6.06. The molecule has 1 heterocycles. The number of nitrogens with two attached hydrogens (primary N) is 1. The Morgan fingerprint density at radius 3 is 3.05 bits per heavy atom. The first kappa shape index (κ1) is 15.9. The summed E-state index contributed by atoms with van der Waals surface area (Å²) in [4.78, 5) is 4.31. The van der Waals surface area contributed by atoms with E-state index in [9.17, 15) is 0 Å². The molecule has 3 N–H and O–H groups in total. The van der Waals surface area contributed by atoms with Crippen LogP contribution >= 0.6 is 11.6 Å². The third-order valence-electron chi connectivity index (χ3n) is 3.43. The Balaban J connectivity index is 1.81. The number of hydrogen-bond donors (Lipinski definition) is 2. The second kappa shape index (κ2) is 8.10. The van der Waals surface area contributed by atoms with Crippen LogP contribution in [0.3, 0.4) is 0 Å². The van der Waals surface area contributed by atoms with Crippen molar-refractivity contribution < 1.29 is 9.47 Å². The summed E-state index contributed by atoms with van der Waals surface area (Å²) >= 11 is 6.06. The molecule has 5 nitrogen and oxygen atoms in total. The average Bonchev–Trinajstić information content (AvgIpc) is 2.48. The molecule has 0 aromatic heterocycles. The molecule has 1 aliphatic rings. The zero-order chi connectivity index (χ0) is 15.1. The monoisotopic (exact) mass is 311 g/mol. The molecule has 0 saturated carbocycles. The number of anilines is 1. The van der Waals surface area contributed by atoms with E-state index in [0.717, 1.165) is 25.1 Å². The molecule has 1 saturated heterocycles. The fraction of sp³-hybridized carbons (Fsp3) is 0.533. The summed E-state index contributed by atoms with van der Waals surface area (Å²) in [5.41, 5.74) is 6.65. The SMILES string of the molecule is COc1ccc(NC(N)=NCCC2CCCCO2)cc1Cl. The van der Waals surface area contributed by atoms with E-state index in [-0.39, 0.29) is 0 Å². The number of aliphatic imine (C=N–C) groups is 1. The first-order chi connectivity index (χ1) is 10.2. The van der Waals surface area contributed by atoms with Gasteiger partial charge in [-0.3, -0.25) is 4.99 Å². The maximum Gasteiger partial charge on any atom is 0.193 e. The van der Waals surface area contributed by atoms with E-state index in [1.807, 2.05) is 6.07 Å². The molecule has 6 heteroatoms. The quantitative estimate of drug-likeness (QED) is 0.648. The number of nitrogens with zero attached hydrogens (tertiary/aromatic N) is 1. The van der Waals surface area contributed by atoms with Crippen molar-refractivity contribution in [1.29, 1.82) is 0 Å². The van der Waals surface area contributed by atoms with Crippen LogP contribution in [-0.2, 0) is 4.74 Å². The number of ether oxygens (including phenoxy) is 2. The molecular weight excluding hydrogens is 290 g/mol. The molecule has 1 fully saturated rings.